The van der Waals surface area contributed by atoms with Crippen LogP contribution in [-0.2, 0) is 6.54 Å². The second kappa shape index (κ2) is 5.79. The van der Waals surface area contributed by atoms with Crippen LogP contribution in [0.3, 0.4) is 0 Å². The quantitative estimate of drug-likeness (QED) is 0.533. The van der Waals surface area contributed by atoms with Gasteiger partial charge >= 0.3 is 5.69 Å². The van der Waals surface area contributed by atoms with E-state index in [1.807, 2.05) is 0 Å². The molecular weight excluding hydrogens is 292 g/mol. The topological polar surface area (TPSA) is 68.1 Å². The Labute approximate surface area is 117 Å². The molecule has 0 saturated heterocycles. The number of nitrogens with zero attached hydrogens (tertiary/aromatic N) is 2. The third-order valence-electron chi connectivity index (χ3n) is 2.48. The summed E-state index contributed by atoms with van der Waals surface area (Å²) in [6, 6.07) is 5.85. The summed E-state index contributed by atoms with van der Waals surface area (Å²) in [5.41, 5.74) is 0.164. The number of nitrogens with one attached hydrogen (secondary N) is 1. The number of nitro groups is 1. The van der Waals surface area contributed by atoms with Crippen molar-refractivity contribution >= 4 is 23.1 Å². The summed E-state index contributed by atoms with van der Waals surface area (Å²) in [4.78, 5) is 14.0. The Morgan fingerprint density at radius 1 is 1.25 bits per heavy atom. The lowest BCUT2D eigenvalue weighted by Crippen LogP contribution is -2.05. The van der Waals surface area contributed by atoms with Crippen molar-refractivity contribution in [2.75, 3.05) is 5.32 Å². The normalized spacial score (nSPS) is 10.3. The highest BCUT2D eigenvalue weighted by atomic mass is 35.5. The second-order valence-corrected chi connectivity index (χ2v) is 4.25. The van der Waals surface area contributed by atoms with Crippen LogP contribution < -0.4 is 5.32 Å². The first-order chi connectivity index (χ1) is 9.47. The molecule has 5 nitrogen and oxygen atoms in total. The Morgan fingerprint density at radius 2 is 2.00 bits per heavy atom. The molecule has 20 heavy (non-hydrogen) atoms. The van der Waals surface area contributed by atoms with Crippen LogP contribution in [-0.4, -0.2) is 9.91 Å². The molecule has 0 fully saturated rings. The summed E-state index contributed by atoms with van der Waals surface area (Å²) in [5.74, 6) is -1.98. The zero-order valence-electron chi connectivity index (χ0n) is 9.94. The molecule has 0 aliphatic heterocycles. The van der Waals surface area contributed by atoms with Gasteiger partial charge in [0.1, 0.15) is 5.15 Å². The van der Waals surface area contributed by atoms with Gasteiger partial charge in [-0.25, -0.2) is 13.8 Å². The third-order valence-corrected chi connectivity index (χ3v) is 2.69. The lowest BCUT2D eigenvalue weighted by atomic mass is 10.2. The van der Waals surface area contributed by atoms with Crippen molar-refractivity contribution in [1.82, 2.24) is 4.98 Å². The first-order valence-electron chi connectivity index (χ1n) is 5.46. The van der Waals surface area contributed by atoms with Gasteiger partial charge in [-0.15, -0.1) is 0 Å². The zero-order chi connectivity index (χ0) is 14.7. The fraction of sp³-hybridized carbons (Fsp3) is 0.0833. The van der Waals surface area contributed by atoms with E-state index in [0.717, 1.165) is 12.1 Å². The van der Waals surface area contributed by atoms with Crippen molar-refractivity contribution in [3.8, 4) is 0 Å². The van der Waals surface area contributed by atoms with E-state index < -0.39 is 16.6 Å². The number of pyridine rings is 1. The molecule has 0 aliphatic carbocycles. The lowest BCUT2D eigenvalue weighted by molar-refractivity contribution is -0.384. The Morgan fingerprint density at radius 3 is 2.65 bits per heavy atom. The highest BCUT2D eigenvalue weighted by molar-refractivity contribution is 6.29. The van der Waals surface area contributed by atoms with E-state index in [1.165, 1.54) is 18.2 Å². The van der Waals surface area contributed by atoms with Gasteiger partial charge in [-0.05, 0) is 23.8 Å². The standard InChI is InChI=1S/C12H8ClF2N3O2/c13-11-4-3-10(18(19)20)12(17-11)16-6-7-1-2-8(14)9(15)5-7/h1-5H,6H2,(H,16,17). The van der Waals surface area contributed by atoms with Gasteiger partial charge in [-0.2, -0.15) is 0 Å². The van der Waals surface area contributed by atoms with E-state index >= 15 is 0 Å². The van der Waals surface area contributed by atoms with Gasteiger partial charge in [0.2, 0.25) is 5.82 Å². The maximum Gasteiger partial charge on any atom is 0.311 e. The van der Waals surface area contributed by atoms with Crippen molar-refractivity contribution in [3.63, 3.8) is 0 Å². The molecule has 1 aromatic heterocycles. The maximum absolute atomic E-state index is 13.0. The van der Waals surface area contributed by atoms with Crippen LogP contribution >= 0.6 is 11.6 Å². The average molecular weight is 300 g/mol. The van der Waals surface area contributed by atoms with Gasteiger partial charge in [0, 0.05) is 12.6 Å². The molecule has 0 bridgehead atoms. The van der Waals surface area contributed by atoms with Crippen LogP contribution in [0.5, 0.6) is 0 Å². The number of hydrogen-bond acceptors (Lipinski definition) is 4. The zero-order valence-corrected chi connectivity index (χ0v) is 10.7. The Hall–Kier alpha value is -2.28. The molecule has 1 heterocycles. The van der Waals surface area contributed by atoms with E-state index in [0.29, 0.717) is 5.56 Å². The molecule has 0 saturated carbocycles. The Bertz CT molecular complexity index is 667. The summed E-state index contributed by atoms with van der Waals surface area (Å²) >= 11 is 5.67. The average Bonchev–Trinajstić information content (AvgIpc) is 2.40. The van der Waals surface area contributed by atoms with E-state index in [-0.39, 0.29) is 23.2 Å². The predicted octanol–water partition coefficient (Wildman–Crippen LogP) is 3.53. The van der Waals surface area contributed by atoms with Gasteiger partial charge < -0.3 is 5.32 Å². The molecule has 2 aromatic rings. The van der Waals surface area contributed by atoms with Crippen LogP contribution in [0.1, 0.15) is 5.56 Å². The summed E-state index contributed by atoms with van der Waals surface area (Å²) in [6.07, 6.45) is 0. The molecule has 0 spiro atoms. The molecule has 1 aromatic carbocycles. The van der Waals surface area contributed by atoms with Crippen molar-refractivity contribution in [3.05, 3.63) is 62.8 Å². The van der Waals surface area contributed by atoms with Gasteiger partial charge in [0.15, 0.2) is 11.6 Å². The number of rotatable bonds is 4. The van der Waals surface area contributed by atoms with Crippen molar-refractivity contribution < 1.29 is 13.7 Å². The Balaban J connectivity index is 2.20. The molecular formula is C12H8ClF2N3O2. The summed E-state index contributed by atoms with van der Waals surface area (Å²) in [6.45, 7) is 0.0470. The summed E-state index contributed by atoms with van der Waals surface area (Å²) in [7, 11) is 0. The van der Waals surface area contributed by atoms with Crippen LogP contribution in [0.25, 0.3) is 0 Å². The van der Waals surface area contributed by atoms with Gasteiger partial charge in [0.05, 0.1) is 4.92 Å². The smallest absolute Gasteiger partial charge is 0.311 e. The number of benzene rings is 1. The monoisotopic (exact) mass is 299 g/mol. The van der Waals surface area contributed by atoms with E-state index in [4.69, 9.17) is 11.6 Å². The fourth-order valence-corrected chi connectivity index (χ4v) is 1.69. The number of anilines is 1. The Kier molecular flexibility index (Phi) is 4.09. The molecule has 0 atom stereocenters. The van der Waals surface area contributed by atoms with Crippen molar-refractivity contribution in [2.45, 2.75) is 6.54 Å². The highest BCUT2D eigenvalue weighted by Crippen LogP contribution is 2.24. The summed E-state index contributed by atoms with van der Waals surface area (Å²) in [5, 5.41) is 13.6. The molecule has 0 amide bonds. The minimum absolute atomic E-state index is 0.0350. The van der Waals surface area contributed by atoms with Gasteiger partial charge in [-0.1, -0.05) is 17.7 Å². The van der Waals surface area contributed by atoms with Gasteiger partial charge in [-0.3, -0.25) is 10.1 Å². The first kappa shape index (κ1) is 14.1. The predicted molar refractivity (Wildman–Crippen MR) is 69.6 cm³/mol. The molecule has 2 rings (SSSR count). The molecule has 104 valence electrons. The fourth-order valence-electron chi connectivity index (χ4n) is 1.54. The second-order valence-electron chi connectivity index (χ2n) is 3.86. The van der Waals surface area contributed by atoms with Crippen molar-refractivity contribution in [2.24, 2.45) is 0 Å². The SMILES string of the molecule is O=[N+]([O-])c1ccc(Cl)nc1NCc1ccc(F)c(F)c1. The number of halogens is 3. The minimum atomic E-state index is -0.988. The molecule has 8 heteroatoms. The molecule has 0 aliphatic rings. The van der Waals surface area contributed by atoms with Crippen LogP contribution in [0.2, 0.25) is 5.15 Å². The highest BCUT2D eigenvalue weighted by Gasteiger charge is 2.15. The van der Waals surface area contributed by atoms with Crippen LogP contribution in [0.4, 0.5) is 20.3 Å². The minimum Gasteiger partial charge on any atom is -0.360 e. The molecule has 0 radical (unpaired) electrons. The maximum atomic E-state index is 13.0. The van der Waals surface area contributed by atoms with Crippen LogP contribution in [0, 0.1) is 21.7 Å². The third kappa shape index (κ3) is 3.18. The first-order valence-corrected chi connectivity index (χ1v) is 5.84. The van der Waals surface area contributed by atoms with E-state index in [1.54, 1.807) is 0 Å². The van der Waals surface area contributed by atoms with Crippen molar-refractivity contribution in [1.29, 1.82) is 0 Å². The van der Waals surface area contributed by atoms with E-state index in [9.17, 15) is 18.9 Å². The number of aromatic nitrogens is 1. The largest absolute Gasteiger partial charge is 0.360 e. The van der Waals surface area contributed by atoms with Crippen LogP contribution in [0.15, 0.2) is 30.3 Å². The van der Waals surface area contributed by atoms with Gasteiger partial charge in [0.25, 0.3) is 0 Å². The van der Waals surface area contributed by atoms with E-state index in [2.05, 4.69) is 10.3 Å². The number of hydrogen-bond donors (Lipinski definition) is 1. The lowest BCUT2D eigenvalue weighted by Gasteiger charge is -2.07. The summed E-state index contributed by atoms with van der Waals surface area (Å²) < 4.78 is 25.8. The molecule has 0 unspecified atom stereocenters. The molecule has 1 N–H and O–H groups in total.